The summed E-state index contributed by atoms with van der Waals surface area (Å²) in [6.07, 6.45) is -0.814. The number of ether oxygens (including phenoxy) is 2. The van der Waals surface area contributed by atoms with Gasteiger partial charge in [-0.15, -0.1) is 0 Å². The number of nitrogens with zero attached hydrogens (tertiary/aromatic N) is 2. The number of carbonyl (C=O) groups excluding carboxylic acids is 1. The Morgan fingerprint density at radius 3 is 2.50 bits per heavy atom. The number of aliphatic hydroxyl groups excluding tert-OH is 1. The molecule has 1 aliphatic rings. The second-order valence-corrected chi connectivity index (χ2v) is 7.12. The first-order chi connectivity index (χ1) is 12.4. The van der Waals surface area contributed by atoms with Crippen LogP contribution >= 0.6 is 0 Å². The van der Waals surface area contributed by atoms with Crippen molar-refractivity contribution < 1.29 is 19.4 Å². The Morgan fingerprint density at radius 2 is 1.92 bits per heavy atom. The van der Waals surface area contributed by atoms with E-state index in [-0.39, 0.29) is 12.7 Å². The van der Waals surface area contributed by atoms with Gasteiger partial charge in [-0.3, -0.25) is 4.90 Å². The van der Waals surface area contributed by atoms with Gasteiger partial charge in [-0.2, -0.15) is 0 Å². The first-order valence-electron chi connectivity index (χ1n) is 9.46. The maximum Gasteiger partial charge on any atom is 0.409 e. The number of hydrogen-bond donors (Lipinski definition) is 1. The maximum atomic E-state index is 11.7. The van der Waals surface area contributed by atoms with Gasteiger partial charge < -0.3 is 19.5 Å². The van der Waals surface area contributed by atoms with Crippen molar-refractivity contribution in [2.75, 3.05) is 45.9 Å². The van der Waals surface area contributed by atoms with Crippen LogP contribution in [-0.2, 0) is 4.74 Å². The molecule has 1 aliphatic heterocycles. The van der Waals surface area contributed by atoms with Crippen molar-refractivity contribution in [1.29, 1.82) is 0 Å². The van der Waals surface area contributed by atoms with E-state index in [4.69, 9.17) is 9.47 Å². The summed E-state index contributed by atoms with van der Waals surface area (Å²) in [7, 11) is 0. The molecule has 0 spiro atoms. The monoisotopic (exact) mass is 364 g/mol. The molecule has 2 rings (SSSR count). The van der Waals surface area contributed by atoms with Gasteiger partial charge in [0.2, 0.25) is 0 Å². The lowest BCUT2D eigenvalue weighted by Gasteiger charge is -2.34. The predicted octanol–water partition coefficient (Wildman–Crippen LogP) is 2.63. The molecule has 0 radical (unpaired) electrons. The predicted molar refractivity (Wildman–Crippen MR) is 102 cm³/mol. The molecule has 1 aromatic carbocycles. The van der Waals surface area contributed by atoms with Crippen molar-refractivity contribution in [2.24, 2.45) is 0 Å². The largest absolute Gasteiger partial charge is 0.491 e. The lowest BCUT2D eigenvalue weighted by Crippen LogP contribution is -2.51. The van der Waals surface area contributed by atoms with Crippen LogP contribution in [0.15, 0.2) is 18.2 Å². The van der Waals surface area contributed by atoms with Crippen molar-refractivity contribution in [3.05, 3.63) is 29.3 Å². The van der Waals surface area contributed by atoms with Crippen LogP contribution in [0.5, 0.6) is 5.75 Å². The molecule has 1 atom stereocenters. The Balaban J connectivity index is 1.73. The lowest BCUT2D eigenvalue weighted by molar-refractivity contribution is 0.0407. The second-order valence-electron chi connectivity index (χ2n) is 7.12. The smallest absolute Gasteiger partial charge is 0.409 e. The fourth-order valence-corrected chi connectivity index (χ4v) is 3.26. The minimum Gasteiger partial charge on any atom is -0.491 e. The van der Waals surface area contributed by atoms with Gasteiger partial charge in [-0.25, -0.2) is 4.79 Å². The summed E-state index contributed by atoms with van der Waals surface area (Å²) in [5.41, 5.74) is 2.53. The van der Waals surface area contributed by atoms with Crippen LogP contribution in [-0.4, -0.2) is 73.0 Å². The van der Waals surface area contributed by atoms with Crippen molar-refractivity contribution in [2.45, 2.75) is 39.7 Å². The van der Waals surface area contributed by atoms with Crippen LogP contribution in [0.25, 0.3) is 0 Å². The highest BCUT2D eigenvalue weighted by molar-refractivity contribution is 5.67. The standard InChI is InChI=1S/C20H32N2O4/c1-5-25-20(24)22-10-8-21(9-11-22)13-17(23)14-26-18-6-7-19(15(2)3)16(4)12-18/h6-7,12,15,17,23H,5,8-11,13-14H2,1-4H3/t17-/m1/s1. The summed E-state index contributed by atoms with van der Waals surface area (Å²) in [6, 6.07) is 6.09. The molecule has 1 aromatic rings. The van der Waals surface area contributed by atoms with Crippen molar-refractivity contribution in [3.8, 4) is 5.75 Å². The van der Waals surface area contributed by atoms with E-state index in [1.54, 1.807) is 4.90 Å². The molecule has 0 aromatic heterocycles. The molecule has 1 fully saturated rings. The van der Waals surface area contributed by atoms with E-state index < -0.39 is 6.10 Å². The van der Waals surface area contributed by atoms with Gasteiger partial charge in [0.25, 0.3) is 0 Å². The Labute approximate surface area is 156 Å². The fraction of sp³-hybridized carbons (Fsp3) is 0.650. The van der Waals surface area contributed by atoms with Crippen LogP contribution < -0.4 is 4.74 Å². The van der Waals surface area contributed by atoms with Gasteiger partial charge >= 0.3 is 6.09 Å². The topological polar surface area (TPSA) is 62.2 Å². The van der Waals surface area contributed by atoms with Crippen molar-refractivity contribution in [1.82, 2.24) is 9.80 Å². The maximum absolute atomic E-state index is 11.7. The third-order valence-corrected chi connectivity index (χ3v) is 4.67. The highest BCUT2D eigenvalue weighted by Crippen LogP contribution is 2.23. The summed E-state index contributed by atoms with van der Waals surface area (Å²) in [5, 5.41) is 10.3. The first kappa shape index (κ1) is 20.5. The minimum absolute atomic E-state index is 0.253. The number of benzene rings is 1. The van der Waals surface area contributed by atoms with E-state index in [1.165, 1.54) is 11.1 Å². The molecule has 0 unspecified atom stereocenters. The summed E-state index contributed by atoms with van der Waals surface area (Å²) >= 11 is 0. The third-order valence-electron chi connectivity index (χ3n) is 4.67. The van der Waals surface area contributed by atoms with Gasteiger partial charge in [0, 0.05) is 32.7 Å². The zero-order chi connectivity index (χ0) is 19.1. The van der Waals surface area contributed by atoms with E-state index >= 15 is 0 Å². The number of rotatable bonds is 7. The molecule has 1 saturated heterocycles. The highest BCUT2D eigenvalue weighted by atomic mass is 16.6. The number of hydrogen-bond acceptors (Lipinski definition) is 5. The summed E-state index contributed by atoms with van der Waals surface area (Å²) in [5.74, 6) is 1.28. The molecule has 0 aliphatic carbocycles. The van der Waals surface area contributed by atoms with Gasteiger partial charge in [0.05, 0.1) is 6.61 Å². The molecule has 1 amide bonds. The van der Waals surface area contributed by atoms with E-state index in [1.807, 2.05) is 19.1 Å². The quantitative estimate of drug-likeness (QED) is 0.806. The van der Waals surface area contributed by atoms with E-state index in [9.17, 15) is 9.90 Å². The zero-order valence-corrected chi connectivity index (χ0v) is 16.4. The van der Waals surface area contributed by atoms with Crippen molar-refractivity contribution in [3.63, 3.8) is 0 Å². The van der Waals surface area contributed by atoms with Crippen LogP contribution in [0.1, 0.15) is 37.8 Å². The number of amides is 1. The van der Waals surface area contributed by atoms with E-state index in [2.05, 4.69) is 31.7 Å². The Bertz CT molecular complexity index is 583. The number of carbonyl (C=O) groups is 1. The molecule has 6 nitrogen and oxygen atoms in total. The van der Waals surface area contributed by atoms with E-state index in [0.29, 0.717) is 32.2 Å². The third kappa shape index (κ3) is 5.88. The van der Waals surface area contributed by atoms with Crippen LogP contribution in [0.3, 0.4) is 0 Å². The Hall–Kier alpha value is -1.79. The molecule has 0 bridgehead atoms. The summed E-state index contributed by atoms with van der Waals surface area (Å²) in [6.45, 7) is 12.2. The molecule has 26 heavy (non-hydrogen) atoms. The average molecular weight is 364 g/mol. The number of aryl methyl sites for hydroxylation is 1. The molecule has 1 heterocycles. The molecular formula is C20H32N2O4. The van der Waals surface area contributed by atoms with Crippen LogP contribution in [0.4, 0.5) is 4.79 Å². The lowest BCUT2D eigenvalue weighted by atomic mass is 9.98. The fourth-order valence-electron chi connectivity index (χ4n) is 3.26. The van der Waals surface area contributed by atoms with Crippen molar-refractivity contribution >= 4 is 6.09 Å². The SMILES string of the molecule is CCOC(=O)N1CCN(C[C@@H](O)COc2ccc(C(C)C)c(C)c2)CC1. The molecule has 6 heteroatoms. The summed E-state index contributed by atoms with van der Waals surface area (Å²) in [4.78, 5) is 15.6. The second kappa shape index (κ2) is 9.78. The normalized spacial score (nSPS) is 16.6. The summed E-state index contributed by atoms with van der Waals surface area (Å²) < 4.78 is 10.8. The van der Waals surface area contributed by atoms with Crippen LogP contribution in [0.2, 0.25) is 0 Å². The van der Waals surface area contributed by atoms with Crippen LogP contribution in [0, 0.1) is 6.92 Å². The number of aliphatic hydroxyl groups is 1. The van der Waals surface area contributed by atoms with E-state index in [0.717, 1.165) is 18.8 Å². The Kier molecular flexibility index (Phi) is 7.72. The molecule has 0 saturated carbocycles. The molecule has 146 valence electrons. The number of β-amino-alcohol motifs (C(OH)–C–C–N with tert-alkyl or cyclic N) is 1. The average Bonchev–Trinajstić information content (AvgIpc) is 2.60. The van der Waals surface area contributed by atoms with Gasteiger partial charge in [0.15, 0.2) is 0 Å². The van der Waals surface area contributed by atoms with Gasteiger partial charge in [-0.05, 0) is 43.0 Å². The highest BCUT2D eigenvalue weighted by Gasteiger charge is 2.23. The first-order valence-corrected chi connectivity index (χ1v) is 9.46. The molecule has 1 N–H and O–H groups in total. The Morgan fingerprint density at radius 1 is 1.23 bits per heavy atom. The molecular weight excluding hydrogens is 332 g/mol. The number of piperazine rings is 1. The zero-order valence-electron chi connectivity index (χ0n) is 16.4. The van der Waals surface area contributed by atoms with Gasteiger partial charge in [0.1, 0.15) is 18.5 Å². The minimum atomic E-state index is -0.561. The van der Waals surface area contributed by atoms with Gasteiger partial charge in [-0.1, -0.05) is 19.9 Å².